The molecule has 1 fully saturated rings. The number of ether oxygens (including phenoxy) is 2. The van der Waals surface area contributed by atoms with Crippen LogP contribution in [0.2, 0.25) is 0 Å². The summed E-state index contributed by atoms with van der Waals surface area (Å²) < 4.78 is 11.2. The van der Waals surface area contributed by atoms with Crippen molar-refractivity contribution < 1.29 is 33.4 Å². The van der Waals surface area contributed by atoms with Crippen molar-refractivity contribution in [1.82, 2.24) is 15.5 Å². The summed E-state index contributed by atoms with van der Waals surface area (Å²) in [6.45, 7) is 0.875. The maximum Gasteiger partial charge on any atom is 0.266 e. The van der Waals surface area contributed by atoms with Gasteiger partial charge in [0.25, 0.3) is 11.8 Å². The van der Waals surface area contributed by atoms with Gasteiger partial charge in [-0.05, 0) is 37.1 Å². The summed E-state index contributed by atoms with van der Waals surface area (Å²) in [6, 6.07) is 12.9. The fourth-order valence-electron chi connectivity index (χ4n) is 3.98. The summed E-state index contributed by atoms with van der Waals surface area (Å²) in [5.74, 6) is -1.53. The average molecular weight is 479 g/mol. The lowest BCUT2D eigenvalue weighted by molar-refractivity contribution is -0.136. The van der Waals surface area contributed by atoms with Crippen LogP contribution in [0, 0.1) is 0 Å². The molecule has 0 radical (unpaired) electrons. The second kappa shape index (κ2) is 10.8. The van der Waals surface area contributed by atoms with Gasteiger partial charge < -0.3 is 14.8 Å². The molecule has 1 unspecified atom stereocenters. The number of nitrogens with one attached hydrogen (secondary N) is 2. The first-order chi connectivity index (χ1) is 17.0. The third-order valence-electron chi connectivity index (χ3n) is 5.67. The summed E-state index contributed by atoms with van der Waals surface area (Å²) in [5.41, 5.74) is 0.234. The van der Waals surface area contributed by atoms with Crippen molar-refractivity contribution in [2.45, 2.75) is 31.7 Å². The van der Waals surface area contributed by atoms with Crippen LogP contribution in [0.5, 0.6) is 11.5 Å². The lowest BCUT2D eigenvalue weighted by Gasteiger charge is -2.27. The predicted octanol–water partition coefficient (Wildman–Crippen LogP) is 1.44. The van der Waals surface area contributed by atoms with E-state index in [1.165, 1.54) is 6.07 Å². The largest absolute Gasteiger partial charge is 0.493 e. The molecule has 2 aliphatic rings. The van der Waals surface area contributed by atoms with E-state index in [9.17, 15) is 24.0 Å². The van der Waals surface area contributed by atoms with Gasteiger partial charge in [0.15, 0.2) is 0 Å². The fraction of sp³-hybridized carbons (Fsp3) is 0.320. The van der Waals surface area contributed by atoms with Crippen molar-refractivity contribution in [2.75, 3.05) is 19.8 Å². The van der Waals surface area contributed by atoms with Crippen LogP contribution in [0.3, 0.4) is 0 Å². The third kappa shape index (κ3) is 5.48. The van der Waals surface area contributed by atoms with E-state index < -0.39 is 29.7 Å². The monoisotopic (exact) mass is 479 g/mol. The van der Waals surface area contributed by atoms with E-state index in [-0.39, 0.29) is 48.7 Å². The minimum Gasteiger partial charge on any atom is -0.493 e. The topological polar surface area (TPSA) is 131 Å². The summed E-state index contributed by atoms with van der Waals surface area (Å²) in [4.78, 5) is 62.4. The van der Waals surface area contributed by atoms with Crippen molar-refractivity contribution >= 4 is 29.5 Å². The summed E-state index contributed by atoms with van der Waals surface area (Å²) in [5, 5.41) is 4.94. The maximum absolute atomic E-state index is 13.0. The van der Waals surface area contributed by atoms with Gasteiger partial charge in [-0.1, -0.05) is 24.3 Å². The van der Waals surface area contributed by atoms with E-state index in [4.69, 9.17) is 9.47 Å². The normalized spacial score (nSPS) is 17.1. The second-order valence-electron chi connectivity index (χ2n) is 8.09. The van der Waals surface area contributed by atoms with E-state index in [0.29, 0.717) is 19.6 Å². The molecule has 0 saturated carbocycles. The summed E-state index contributed by atoms with van der Waals surface area (Å²) in [7, 11) is 0. The Bertz CT molecular complexity index is 1150. The van der Waals surface area contributed by atoms with Crippen molar-refractivity contribution in [2.24, 2.45) is 0 Å². The molecule has 1 saturated heterocycles. The van der Waals surface area contributed by atoms with Crippen molar-refractivity contribution in [3.63, 3.8) is 0 Å². The summed E-state index contributed by atoms with van der Waals surface area (Å²) >= 11 is 0. The minimum absolute atomic E-state index is 0.0492. The molecule has 2 aromatic rings. The third-order valence-corrected chi connectivity index (χ3v) is 5.67. The number of benzene rings is 2. The minimum atomic E-state index is -1.04. The Kier molecular flexibility index (Phi) is 7.39. The highest BCUT2D eigenvalue weighted by atomic mass is 16.5. The number of hydrogen-bond donors (Lipinski definition) is 2. The number of piperidine rings is 1. The molecule has 2 N–H and O–H groups in total. The summed E-state index contributed by atoms with van der Waals surface area (Å²) in [6.07, 6.45) is 0.745. The molecule has 182 valence electrons. The Hall–Kier alpha value is -4.21. The molecular weight excluding hydrogens is 454 g/mol. The molecule has 5 amide bonds. The maximum atomic E-state index is 13.0. The zero-order valence-corrected chi connectivity index (χ0v) is 19.0. The standard InChI is InChI=1S/C25H25N3O7/c29-20(26-13-15-34-16-6-2-1-3-7-16)10-5-14-35-19-9-4-8-17-22(19)25(33)28(24(17)32)18-11-12-21(30)27-23(18)31/h1-4,6-9,18H,5,10-15H2,(H,26,29)(H,27,30,31). The Labute approximate surface area is 201 Å². The van der Waals surface area contributed by atoms with Gasteiger partial charge in [0.2, 0.25) is 17.7 Å². The molecule has 0 aliphatic carbocycles. The number of carbonyl (C=O) groups excluding carboxylic acids is 5. The first-order valence-corrected chi connectivity index (χ1v) is 11.4. The SMILES string of the molecule is O=C(CCCOc1cccc2c1C(=O)N(C1CCC(=O)NC1=O)C2=O)NCCOc1ccccc1. The molecule has 35 heavy (non-hydrogen) atoms. The molecule has 10 heteroatoms. The zero-order chi connectivity index (χ0) is 24.8. The van der Waals surface area contributed by atoms with Crippen molar-refractivity contribution in [3.8, 4) is 11.5 Å². The van der Waals surface area contributed by atoms with Crippen LogP contribution in [-0.2, 0) is 14.4 Å². The van der Waals surface area contributed by atoms with Gasteiger partial charge >= 0.3 is 0 Å². The van der Waals surface area contributed by atoms with E-state index in [1.807, 2.05) is 30.3 Å². The van der Waals surface area contributed by atoms with Gasteiger partial charge in [-0.3, -0.25) is 34.2 Å². The highest BCUT2D eigenvalue weighted by molar-refractivity contribution is 6.24. The Morgan fingerprint density at radius 3 is 2.54 bits per heavy atom. The molecule has 4 rings (SSSR count). The van der Waals surface area contributed by atoms with E-state index in [0.717, 1.165) is 10.6 Å². The molecule has 2 heterocycles. The lowest BCUT2D eigenvalue weighted by atomic mass is 10.0. The number of carbonyl (C=O) groups is 5. The molecule has 10 nitrogen and oxygen atoms in total. The number of fused-ring (bicyclic) bond motifs is 1. The average Bonchev–Trinajstić information content (AvgIpc) is 3.11. The van der Waals surface area contributed by atoms with Gasteiger partial charge in [0.1, 0.15) is 24.1 Å². The van der Waals surface area contributed by atoms with Crippen LogP contribution in [-0.4, -0.2) is 60.2 Å². The number of amides is 5. The molecular formula is C25H25N3O7. The van der Waals surface area contributed by atoms with Crippen molar-refractivity contribution in [3.05, 3.63) is 59.7 Å². The van der Waals surface area contributed by atoms with Crippen LogP contribution < -0.4 is 20.1 Å². The number of nitrogens with zero attached hydrogens (tertiary/aromatic N) is 1. The quantitative estimate of drug-likeness (QED) is 0.389. The van der Waals surface area contributed by atoms with Gasteiger partial charge in [-0.2, -0.15) is 0 Å². The van der Waals surface area contributed by atoms with E-state index in [2.05, 4.69) is 10.6 Å². The van der Waals surface area contributed by atoms with E-state index >= 15 is 0 Å². The molecule has 2 aromatic carbocycles. The number of hydrogen-bond acceptors (Lipinski definition) is 7. The van der Waals surface area contributed by atoms with Crippen LogP contribution in [0.15, 0.2) is 48.5 Å². The Balaban J connectivity index is 1.25. The fourth-order valence-corrected chi connectivity index (χ4v) is 3.98. The predicted molar refractivity (Wildman–Crippen MR) is 123 cm³/mol. The number of imide groups is 2. The first kappa shape index (κ1) is 23.9. The lowest BCUT2D eigenvalue weighted by Crippen LogP contribution is -2.54. The zero-order valence-electron chi connectivity index (χ0n) is 19.0. The Morgan fingerprint density at radius 2 is 1.77 bits per heavy atom. The van der Waals surface area contributed by atoms with Crippen LogP contribution in [0.4, 0.5) is 0 Å². The van der Waals surface area contributed by atoms with Crippen molar-refractivity contribution in [1.29, 1.82) is 0 Å². The number of para-hydroxylation sites is 1. The Morgan fingerprint density at radius 1 is 0.971 bits per heavy atom. The van der Waals surface area contributed by atoms with Crippen LogP contribution in [0.25, 0.3) is 0 Å². The van der Waals surface area contributed by atoms with Crippen LogP contribution >= 0.6 is 0 Å². The molecule has 0 aromatic heterocycles. The molecule has 0 spiro atoms. The van der Waals surface area contributed by atoms with E-state index in [1.54, 1.807) is 12.1 Å². The highest BCUT2D eigenvalue weighted by Crippen LogP contribution is 2.33. The van der Waals surface area contributed by atoms with Gasteiger partial charge in [0, 0.05) is 12.8 Å². The molecule has 1 atom stereocenters. The number of rotatable bonds is 10. The molecule has 0 bridgehead atoms. The van der Waals surface area contributed by atoms with Gasteiger partial charge in [-0.25, -0.2) is 0 Å². The van der Waals surface area contributed by atoms with Crippen LogP contribution in [0.1, 0.15) is 46.4 Å². The first-order valence-electron chi connectivity index (χ1n) is 11.4. The smallest absolute Gasteiger partial charge is 0.266 e. The highest BCUT2D eigenvalue weighted by Gasteiger charge is 2.45. The van der Waals surface area contributed by atoms with Gasteiger partial charge in [0.05, 0.1) is 24.3 Å². The molecule has 2 aliphatic heterocycles. The second-order valence-corrected chi connectivity index (χ2v) is 8.09. The van der Waals surface area contributed by atoms with Gasteiger partial charge in [-0.15, -0.1) is 0 Å².